The highest BCUT2D eigenvalue weighted by molar-refractivity contribution is 7.99. The Morgan fingerprint density at radius 3 is 0.974 bits per heavy atom. The minimum atomic E-state index is 0.600. The average molecular weight is 991 g/mol. The van der Waals surface area contributed by atoms with Gasteiger partial charge in [-0.05, 0) is 95.1 Å². The molecular weight excluding hydrogens is 945 g/mol. The summed E-state index contributed by atoms with van der Waals surface area (Å²) < 4.78 is 0. The summed E-state index contributed by atoms with van der Waals surface area (Å²) in [5.74, 6) is 1.20. The third kappa shape index (κ3) is 8.29. The highest BCUT2D eigenvalue weighted by Crippen LogP contribution is 2.53. The molecule has 0 atom stereocenters. The molecule has 0 N–H and O–H groups in total. The predicted molar refractivity (Wildman–Crippen MR) is 312 cm³/mol. The van der Waals surface area contributed by atoms with Gasteiger partial charge in [-0.25, -0.2) is 19.9 Å². The molecule has 14 rings (SSSR count). The van der Waals surface area contributed by atoms with Crippen LogP contribution in [-0.4, -0.2) is 19.9 Å². The van der Waals surface area contributed by atoms with Crippen molar-refractivity contribution in [3.05, 3.63) is 278 Å². The lowest BCUT2D eigenvalue weighted by atomic mass is 9.91. The molecular formula is C69H46N6S. The molecule has 0 fully saturated rings. The summed E-state index contributed by atoms with van der Waals surface area (Å²) in [5.41, 5.74) is 20.0. The Hall–Kier alpha value is -9.69. The normalized spacial score (nSPS) is 12.3. The maximum absolute atomic E-state index is 5.54. The molecule has 0 spiro atoms. The number of benzene rings is 10. The minimum absolute atomic E-state index is 0.600. The molecule has 0 saturated heterocycles. The standard InChI is InChI=1S/C69H46N6S/c1-5-21-46(22-6-1)58-44-59(47-23-7-2-8-24-47)71-68(70-58)56-42-52(74-62-31-15-13-29-50(62)41-51-30-14-16-32-63(51)74)37-39-54(56)55-40-38-53(75-64-33-17-19-35-66(64)76-67-36-20-18-34-65(67)75)43-57(55)69-72-60(48-25-9-3-10-26-48)45-61(73-69)49-27-11-4-12-28-49/h1-40,42-45H,41H2. The second-order valence-corrected chi connectivity index (χ2v) is 20.1. The van der Waals surface area contributed by atoms with Crippen molar-refractivity contribution in [2.75, 3.05) is 9.80 Å². The van der Waals surface area contributed by atoms with Crippen LogP contribution in [0.15, 0.2) is 277 Å². The third-order valence-corrected chi connectivity index (χ3v) is 15.4. The van der Waals surface area contributed by atoms with Crippen molar-refractivity contribution in [1.82, 2.24) is 19.9 Å². The summed E-state index contributed by atoms with van der Waals surface area (Å²) in [7, 11) is 0. The van der Waals surface area contributed by atoms with Crippen LogP contribution in [-0.2, 0) is 6.42 Å². The molecule has 76 heavy (non-hydrogen) atoms. The molecule has 0 aliphatic carbocycles. The molecule has 0 unspecified atom stereocenters. The van der Waals surface area contributed by atoms with E-state index in [0.29, 0.717) is 11.6 Å². The second kappa shape index (κ2) is 19.3. The van der Waals surface area contributed by atoms with E-state index < -0.39 is 0 Å². The lowest BCUT2D eigenvalue weighted by Crippen LogP contribution is -2.18. The minimum Gasteiger partial charge on any atom is -0.310 e. The third-order valence-electron chi connectivity index (χ3n) is 14.3. The van der Waals surface area contributed by atoms with Crippen molar-refractivity contribution in [2.45, 2.75) is 16.2 Å². The number of hydrogen-bond donors (Lipinski definition) is 0. The molecule has 4 heterocycles. The van der Waals surface area contributed by atoms with Gasteiger partial charge in [0.05, 0.1) is 34.2 Å². The average Bonchev–Trinajstić information content (AvgIpc) is 3.51. The van der Waals surface area contributed by atoms with Crippen LogP contribution < -0.4 is 9.80 Å². The summed E-state index contributed by atoms with van der Waals surface area (Å²) >= 11 is 1.80. The molecule has 10 aromatic carbocycles. The Balaban J connectivity index is 1.07. The van der Waals surface area contributed by atoms with Gasteiger partial charge in [-0.15, -0.1) is 0 Å². The van der Waals surface area contributed by atoms with Gasteiger partial charge in [0.1, 0.15) is 0 Å². The molecule has 0 amide bonds. The van der Waals surface area contributed by atoms with Crippen molar-refractivity contribution in [3.63, 3.8) is 0 Å². The van der Waals surface area contributed by atoms with Crippen LogP contribution in [0.5, 0.6) is 0 Å². The van der Waals surface area contributed by atoms with Crippen LogP contribution in [0.2, 0.25) is 0 Å². The largest absolute Gasteiger partial charge is 0.310 e. The van der Waals surface area contributed by atoms with Gasteiger partial charge in [0.15, 0.2) is 11.6 Å². The van der Waals surface area contributed by atoms with Gasteiger partial charge in [-0.2, -0.15) is 0 Å². The Kier molecular flexibility index (Phi) is 11.4. The Morgan fingerprint density at radius 1 is 0.276 bits per heavy atom. The zero-order valence-electron chi connectivity index (χ0n) is 41.2. The molecule has 7 heteroatoms. The van der Waals surface area contributed by atoms with Gasteiger partial charge in [0.25, 0.3) is 0 Å². The van der Waals surface area contributed by atoms with Crippen molar-refractivity contribution >= 4 is 45.9 Å². The van der Waals surface area contributed by atoms with Crippen molar-refractivity contribution < 1.29 is 0 Å². The number of fused-ring (bicyclic) bond motifs is 4. The lowest BCUT2D eigenvalue weighted by molar-refractivity contribution is 1.09. The van der Waals surface area contributed by atoms with Gasteiger partial charge in [-0.3, -0.25) is 0 Å². The number of nitrogens with zero attached hydrogens (tertiary/aromatic N) is 6. The van der Waals surface area contributed by atoms with Gasteiger partial charge < -0.3 is 9.80 Å². The fourth-order valence-electron chi connectivity index (χ4n) is 10.7. The summed E-state index contributed by atoms with van der Waals surface area (Å²) in [6.07, 6.45) is 0.851. The van der Waals surface area contributed by atoms with Gasteiger partial charge in [-0.1, -0.05) is 206 Å². The molecule has 358 valence electrons. The summed E-state index contributed by atoms with van der Waals surface area (Å²) in [6, 6.07) is 94.2. The molecule has 2 aliphatic heterocycles. The molecule has 0 bridgehead atoms. The molecule has 12 aromatic rings. The Bertz CT molecular complexity index is 3650. The van der Waals surface area contributed by atoms with Gasteiger partial charge in [0.2, 0.25) is 0 Å². The fourth-order valence-corrected chi connectivity index (χ4v) is 11.8. The fraction of sp³-hybridized carbons (Fsp3) is 0.0145. The van der Waals surface area contributed by atoms with E-state index in [4.69, 9.17) is 19.9 Å². The van der Waals surface area contributed by atoms with Crippen LogP contribution in [0, 0.1) is 0 Å². The van der Waals surface area contributed by atoms with Crippen molar-refractivity contribution in [2.24, 2.45) is 0 Å². The van der Waals surface area contributed by atoms with E-state index in [-0.39, 0.29) is 0 Å². The van der Waals surface area contributed by atoms with E-state index in [2.05, 4.69) is 252 Å². The van der Waals surface area contributed by atoms with Gasteiger partial charge in [0, 0.05) is 72.3 Å². The van der Waals surface area contributed by atoms with E-state index >= 15 is 0 Å². The second-order valence-electron chi connectivity index (χ2n) is 19.0. The molecule has 0 saturated carbocycles. The Labute approximate surface area is 446 Å². The van der Waals surface area contributed by atoms with Crippen molar-refractivity contribution in [3.8, 4) is 78.9 Å². The highest BCUT2D eigenvalue weighted by atomic mass is 32.2. The smallest absolute Gasteiger partial charge is 0.161 e. The number of para-hydroxylation sites is 4. The van der Waals surface area contributed by atoms with Crippen LogP contribution in [0.4, 0.5) is 34.1 Å². The van der Waals surface area contributed by atoms with Crippen LogP contribution >= 0.6 is 11.8 Å². The summed E-state index contributed by atoms with van der Waals surface area (Å²) in [6.45, 7) is 0. The number of hydrogen-bond acceptors (Lipinski definition) is 7. The summed E-state index contributed by atoms with van der Waals surface area (Å²) in [5, 5.41) is 0. The van der Waals surface area contributed by atoms with E-state index in [0.717, 1.165) is 108 Å². The first kappa shape index (κ1) is 45.0. The van der Waals surface area contributed by atoms with E-state index in [1.807, 2.05) is 24.3 Å². The lowest BCUT2D eigenvalue weighted by Gasteiger charge is -2.34. The number of aromatic nitrogens is 4. The molecule has 2 aromatic heterocycles. The molecule has 6 nitrogen and oxygen atoms in total. The quantitative estimate of drug-likeness (QED) is 0.143. The van der Waals surface area contributed by atoms with Crippen LogP contribution in [0.25, 0.3) is 78.9 Å². The first-order chi connectivity index (χ1) is 37.7. The topological polar surface area (TPSA) is 58.0 Å². The number of rotatable bonds is 9. The first-order valence-corrected chi connectivity index (χ1v) is 26.4. The van der Waals surface area contributed by atoms with Crippen LogP contribution in [0.1, 0.15) is 11.1 Å². The Morgan fingerprint density at radius 2 is 0.592 bits per heavy atom. The molecule has 2 aliphatic rings. The van der Waals surface area contributed by atoms with E-state index in [9.17, 15) is 0 Å². The van der Waals surface area contributed by atoms with Gasteiger partial charge >= 0.3 is 0 Å². The summed E-state index contributed by atoms with van der Waals surface area (Å²) in [4.78, 5) is 29.3. The van der Waals surface area contributed by atoms with E-state index in [1.165, 1.54) is 20.9 Å². The molecule has 0 radical (unpaired) electrons. The maximum atomic E-state index is 5.54. The first-order valence-electron chi connectivity index (χ1n) is 25.6. The highest BCUT2D eigenvalue weighted by Gasteiger charge is 2.29. The zero-order chi connectivity index (χ0) is 50.4. The van der Waals surface area contributed by atoms with Crippen LogP contribution in [0.3, 0.4) is 0 Å². The maximum Gasteiger partial charge on any atom is 0.161 e. The monoisotopic (exact) mass is 990 g/mol. The SMILES string of the molecule is c1ccc(-c2cc(-c3ccccc3)nc(-c3cc(N4c5ccccc5Cc5ccccc54)ccc3-c3ccc(N4c5ccccc5Sc5ccccc54)cc3-c3nc(-c4ccccc4)cc(-c4ccccc4)n3)n2)cc1. The van der Waals surface area contributed by atoms with Crippen molar-refractivity contribution in [1.29, 1.82) is 0 Å². The number of anilines is 6. The zero-order valence-corrected chi connectivity index (χ0v) is 42.0. The predicted octanol–water partition coefficient (Wildman–Crippen LogP) is 18.2. The van der Waals surface area contributed by atoms with E-state index in [1.54, 1.807) is 11.8 Å².